The van der Waals surface area contributed by atoms with Crippen molar-refractivity contribution in [3.63, 3.8) is 0 Å². The van der Waals surface area contributed by atoms with Crippen LogP contribution in [-0.2, 0) is 21.3 Å². The Labute approximate surface area is 171 Å². The first-order valence-electron chi connectivity index (χ1n) is 8.69. The SMILES string of the molecule is O=C(Cc1ccccc1)NN=Cc1ccccc1OS(=O)(=O)c1ccc(F)c(F)c1. The quantitative estimate of drug-likeness (QED) is 0.354. The van der Waals surface area contributed by atoms with Gasteiger partial charge in [-0.05, 0) is 35.9 Å². The highest BCUT2D eigenvalue weighted by molar-refractivity contribution is 7.87. The average molecular weight is 430 g/mol. The molecular weight excluding hydrogens is 414 g/mol. The molecule has 0 unspecified atom stereocenters. The number of carbonyl (C=O) groups is 1. The van der Waals surface area contributed by atoms with Crippen LogP contribution in [0.25, 0.3) is 0 Å². The Balaban J connectivity index is 1.71. The zero-order valence-electron chi connectivity index (χ0n) is 15.5. The van der Waals surface area contributed by atoms with Crippen LogP contribution in [-0.4, -0.2) is 20.5 Å². The molecule has 3 aromatic carbocycles. The Morgan fingerprint density at radius 1 is 0.967 bits per heavy atom. The third-order valence-corrected chi connectivity index (χ3v) is 5.13. The number of carbonyl (C=O) groups excluding carboxylic acids is 1. The maximum atomic E-state index is 13.4. The molecule has 0 spiro atoms. The van der Waals surface area contributed by atoms with Crippen LogP contribution in [0.5, 0.6) is 5.75 Å². The molecule has 0 aliphatic carbocycles. The number of hydrazone groups is 1. The van der Waals surface area contributed by atoms with Crippen molar-refractivity contribution in [1.82, 2.24) is 5.43 Å². The first-order chi connectivity index (χ1) is 14.3. The van der Waals surface area contributed by atoms with Crippen molar-refractivity contribution in [2.24, 2.45) is 5.10 Å². The van der Waals surface area contributed by atoms with Gasteiger partial charge in [-0.2, -0.15) is 13.5 Å². The van der Waals surface area contributed by atoms with Crippen LogP contribution < -0.4 is 9.61 Å². The van der Waals surface area contributed by atoms with E-state index in [9.17, 15) is 22.0 Å². The van der Waals surface area contributed by atoms with Gasteiger partial charge in [0.25, 0.3) is 0 Å². The molecule has 0 fully saturated rings. The smallest absolute Gasteiger partial charge is 0.339 e. The van der Waals surface area contributed by atoms with Crippen LogP contribution in [0, 0.1) is 11.6 Å². The fourth-order valence-electron chi connectivity index (χ4n) is 2.46. The molecule has 0 bridgehead atoms. The predicted octanol–water partition coefficient (Wildman–Crippen LogP) is 3.43. The van der Waals surface area contributed by atoms with Gasteiger partial charge in [0.15, 0.2) is 17.4 Å². The van der Waals surface area contributed by atoms with Crippen molar-refractivity contribution in [2.45, 2.75) is 11.3 Å². The summed E-state index contributed by atoms with van der Waals surface area (Å²) >= 11 is 0. The second-order valence-electron chi connectivity index (χ2n) is 6.11. The van der Waals surface area contributed by atoms with Gasteiger partial charge in [-0.25, -0.2) is 14.2 Å². The lowest BCUT2D eigenvalue weighted by Crippen LogP contribution is -2.19. The van der Waals surface area contributed by atoms with Crippen molar-refractivity contribution >= 4 is 22.2 Å². The van der Waals surface area contributed by atoms with E-state index in [1.54, 1.807) is 18.2 Å². The van der Waals surface area contributed by atoms with E-state index in [4.69, 9.17) is 4.18 Å². The molecule has 1 N–H and O–H groups in total. The van der Waals surface area contributed by atoms with E-state index in [1.165, 1.54) is 24.4 Å². The highest BCUT2D eigenvalue weighted by Gasteiger charge is 2.20. The monoisotopic (exact) mass is 430 g/mol. The maximum Gasteiger partial charge on any atom is 0.339 e. The van der Waals surface area contributed by atoms with Crippen molar-refractivity contribution in [1.29, 1.82) is 0 Å². The second kappa shape index (κ2) is 9.27. The van der Waals surface area contributed by atoms with Crippen LogP contribution >= 0.6 is 0 Å². The van der Waals surface area contributed by atoms with Gasteiger partial charge in [0, 0.05) is 5.56 Å². The molecule has 154 valence electrons. The number of amides is 1. The first-order valence-corrected chi connectivity index (χ1v) is 10.1. The van der Waals surface area contributed by atoms with Crippen molar-refractivity contribution in [2.75, 3.05) is 0 Å². The van der Waals surface area contributed by atoms with E-state index in [0.29, 0.717) is 12.1 Å². The van der Waals surface area contributed by atoms with Gasteiger partial charge < -0.3 is 4.18 Å². The molecule has 0 radical (unpaired) electrons. The number of rotatable bonds is 7. The number of halogens is 2. The zero-order chi connectivity index (χ0) is 21.6. The van der Waals surface area contributed by atoms with Gasteiger partial charge in [-0.1, -0.05) is 42.5 Å². The van der Waals surface area contributed by atoms with Gasteiger partial charge in [0.1, 0.15) is 4.90 Å². The van der Waals surface area contributed by atoms with Crippen LogP contribution in [0.2, 0.25) is 0 Å². The number of benzene rings is 3. The molecule has 3 aromatic rings. The molecule has 0 aliphatic rings. The number of nitrogens with zero attached hydrogens (tertiary/aromatic N) is 1. The molecule has 30 heavy (non-hydrogen) atoms. The number of hydrogen-bond acceptors (Lipinski definition) is 5. The summed E-state index contributed by atoms with van der Waals surface area (Å²) in [4.78, 5) is 11.4. The number of para-hydroxylation sites is 1. The molecule has 3 rings (SSSR count). The summed E-state index contributed by atoms with van der Waals surface area (Å²) in [7, 11) is -4.41. The van der Waals surface area contributed by atoms with E-state index in [0.717, 1.165) is 11.6 Å². The van der Waals surface area contributed by atoms with E-state index >= 15 is 0 Å². The van der Waals surface area contributed by atoms with E-state index in [2.05, 4.69) is 10.5 Å². The molecule has 0 aromatic heterocycles. The van der Waals surface area contributed by atoms with Crippen LogP contribution in [0.15, 0.2) is 82.8 Å². The molecular formula is C21H16F2N2O4S. The topological polar surface area (TPSA) is 84.8 Å². The largest absolute Gasteiger partial charge is 0.378 e. The predicted molar refractivity (Wildman–Crippen MR) is 106 cm³/mol. The summed E-state index contributed by atoms with van der Waals surface area (Å²) in [5.41, 5.74) is 3.41. The summed E-state index contributed by atoms with van der Waals surface area (Å²) in [6, 6.07) is 17.2. The van der Waals surface area contributed by atoms with E-state index < -0.39 is 26.6 Å². The minimum atomic E-state index is -4.41. The van der Waals surface area contributed by atoms with Gasteiger partial charge in [0.05, 0.1) is 12.6 Å². The molecule has 0 aliphatic heterocycles. The number of nitrogens with one attached hydrogen (secondary N) is 1. The molecule has 0 atom stereocenters. The zero-order valence-corrected chi connectivity index (χ0v) is 16.3. The third-order valence-electron chi connectivity index (χ3n) is 3.90. The van der Waals surface area contributed by atoms with Crippen LogP contribution in [0.1, 0.15) is 11.1 Å². The van der Waals surface area contributed by atoms with Crippen molar-refractivity contribution in [3.05, 3.63) is 95.6 Å². The summed E-state index contributed by atoms with van der Waals surface area (Å²) in [5, 5.41) is 3.82. The van der Waals surface area contributed by atoms with Crippen molar-refractivity contribution in [3.8, 4) is 5.75 Å². The summed E-state index contributed by atoms with van der Waals surface area (Å²) < 4.78 is 56.2. The highest BCUT2D eigenvalue weighted by atomic mass is 32.2. The minimum absolute atomic E-state index is 0.0942. The normalized spacial score (nSPS) is 11.4. The fourth-order valence-corrected chi connectivity index (χ4v) is 3.42. The van der Waals surface area contributed by atoms with Crippen LogP contribution in [0.3, 0.4) is 0 Å². The van der Waals surface area contributed by atoms with E-state index in [1.807, 2.05) is 18.2 Å². The first kappa shape index (κ1) is 21.1. The lowest BCUT2D eigenvalue weighted by molar-refractivity contribution is -0.120. The lowest BCUT2D eigenvalue weighted by Gasteiger charge is -2.09. The van der Waals surface area contributed by atoms with Crippen molar-refractivity contribution < 1.29 is 26.2 Å². The molecule has 6 nitrogen and oxygen atoms in total. The number of hydrogen-bond donors (Lipinski definition) is 1. The van der Waals surface area contributed by atoms with Gasteiger partial charge in [-0.15, -0.1) is 0 Å². The second-order valence-corrected chi connectivity index (χ2v) is 7.65. The highest BCUT2D eigenvalue weighted by Crippen LogP contribution is 2.23. The standard InChI is InChI=1S/C21H16F2N2O4S/c22-18-11-10-17(13-19(18)23)30(27,28)29-20-9-5-4-8-16(20)14-24-25-21(26)12-15-6-2-1-3-7-15/h1-11,13-14H,12H2,(H,25,26). The average Bonchev–Trinajstić information content (AvgIpc) is 2.72. The minimum Gasteiger partial charge on any atom is -0.378 e. The Morgan fingerprint density at radius 3 is 2.40 bits per heavy atom. The van der Waals surface area contributed by atoms with Gasteiger partial charge in [-0.3, -0.25) is 4.79 Å². The molecule has 9 heteroatoms. The Morgan fingerprint density at radius 2 is 1.67 bits per heavy atom. The fraction of sp³-hybridized carbons (Fsp3) is 0.0476. The molecule has 0 saturated carbocycles. The lowest BCUT2D eigenvalue weighted by atomic mass is 10.1. The van der Waals surface area contributed by atoms with Gasteiger partial charge >= 0.3 is 10.1 Å². The Kier molecular flexibility index (Phi) is 6.53. The molecule has 0 heterocycles. The van der Waals surface area contributed by atoms with Gasteiger partial charge in [0.2, 0.25) is 5.91 Å². The summed E-state index contributed by atoms with van der Waals surface area (Å²) in [6.45, 7) is 0. The third kappa shape index (κ3) is 5.48. The Hall–Kier alpha value is -3.59. The summed E-state index contributed by atoms with van der Waals surface area (Å²) in [5.74, 6) is -2.93. The summed E-state index contributed by atoms with van der Waals surface area (Å²) in [6.07, 6.45) is 1.35. The Bertz CT molecular complexity index is 1180. The maximum absolute atomic E-state index is 13.4. The molecule has 0 saturated heterocycles. The van der Waals surface area contributed by atoms with E-state index in [-0.39, 0.29) is 23.6 Å². The van der Waals surface area contributed by atoms with Crippen LogP contribution in [0.4, 0.5) is 8.78 Å². The molecule has 1 amide bonds.